The predicted octanol–water partition coefficient (Wildman–Crippen LogP) is 3.15. The number of para-hydroxylation sites is 1. The van der Waals surface area contributed by atoms with E-state index < -0.39 is 18.2 Å². The molecule has 4 heterocycles. The van der Waals surface area contributed by atoms with Crippen molar-refractivity contribution in [1.29, 1.82) is 0 Å². The number of fused-ring (bicyclic) bond motifs is 3. The molecule has 0 unspecified atom stereocenters. The first-order chi connectivity index (χ1) is 17.8. The lowest BCUT2D eigenvalue weighted by molar-refractivity contribution is -0.156. The molecule has 1 aliphatic carbocycles. The van der Waals surface area contributed by atoms with Crippen molar-refractivity contribution in [2.24, 2.45) is 0 Å². The Labute approximate surface area is 215 Å². The van der Waals surface area contributed by atoms with E-state index in [2.05, 4.69) is 4.57 Å². The summed E-state index contributed by atoms with van der Waals surface area (Å²) in [5, 5.41) is 0. The van der Waals surface area contributed by atoms with Crippen molar-refractivity contribution >= 4 is 29.3 Å². The van der Waals surface area contributed by atoms with Crippen molar-refractivity contribution in [3.63, 3.8) is 0 Å². The monoisotopic (exact) mass is 505 g/mol. The summed E-state index contributed by atoms with van der Waals surface area (Å²) < 4.78 is 13.5. The number of ether oxygens (including phenoxy) is 2. The Bertz CT molecular complexity index is 1300. The summed E-state index contributed by atoms with van der Waals surface area (Å²) in [6, 6.07) is 8.56. The Morgan fingerprint density at radius 3 is 2.65 bits per heavy atom. The molecule has 0 spiro atoms. The molecule has 0 bridgehead atoms. The van der Waals surface area contributed by atoms with Crippen LogP contribution in [0.1, 0.15) is 70.6 Å². The topological polar surface area (TPSA) is 98.1 Å². The summed E-state index contributed by atoms with van der Waals surface area (Å²) in [4.78, 5) is 56.6. The zero-order valence-electron chi connectivity index (χ0n) is 21.2. The first-order valence-corrected chi connectivity index (χ1v) is 13.1. The molecule has 9 heteroatoms. The van der Waals surface area contributed by atoms with Gasteiger partial charge in [0.15, 0.2) is 6.61 Å². The molecule has 1 aromatic carbocycles. The third kappa shape index (κ3) is 3.70. The standard InChI is InChI=1S/C28H31N3O6/c1-17-14-22(18(2)29(17)15-20-6-5-13-36-20)24(32)16-37-27(35)28-12-11-25(33)31(28)23-8-4-3-7-21(23)26(34)30(28)19-9-10-19/h3-4,7-8,14,19-20H,5-6,9-13,15-16H2,1-2H3/t20-,28+/m0/s1. The van der Waals surface area contributed by atoms with E-state index in [1.807, 2.05) is 19.9 Å². The average molecular weight is 506 g/mol. The molecule has 0 radical (unpaired) electrons. The van der Waals surface area contributed by atoms with E-state index in [0.717, 1.165) is 43.7 Å². The van der Waals surface area contributed by atoms with E-state index in [0.29, 0.717) is 23.4 Å². The predicted molar refractivity (Wildman–Crippen MR) is 133 cm³/mol. The number of nitrogens with zero attached hydrogens (tertiary/aromatic N) is 3. The minimum absolute atomic E-state index is 0.123. The minimum Gasteiger partial charge on any atom is -0.454 e. The van der Waals surface area contributed by atoms with Gasteiger partial charge in [-0.15, -0.1) is 0 Å². The highest BCUT2D eigenvalue weighted by Gasteiger charge is 2.64. The van der Waals surface area contributed by atoms with E-state index in [1.54, 1.807) is 29.2 Å². The summed E-state index contributed by atoms with van der Waals surface area (Å²) in [6.07, 6.45) is 3.97. The second-order valence-corrected chi connectivity index (χ2v) is 10.5. The molecule has 6 rings (SSSR count). The van der Waals surface area contributed by atoms with Crippen LogP contribution in [0.4, 0.5) is 5.69 Å². The lowest BCUT2D eigenvalue weighted by atomic mass is 9.96. The highest BCUT2D eigenvalue weighted by molar-refractivity contribution is 6.16. The fourth-order valence-corrected chi connectivity index (χ4v) is 6.19. The molecule has 1 aromatic heterocycles. The Balaban J connectivity index is 1.26. The number of esters is 1. The van der Waals surface area contributed by atoms with Gasteiger partial charge >= 0.3 is 5.97 Å². The van der Waals surface area contributed by atoms with Crippen LogP contribution in [0, 0.1) is 13.8 Å². The van der Waals surface area contributed by atoms with Crippen molar-refractivity contribution in [3.8, 4) is 0 Å². The number of rotatable bonds is 7. The first-order valence-electron chi connectivity index (χ1n) is 13.1. The molecule has 2 aromatic rings. The molecule has 3 fully saturated rings. The highest BCUT2D eigenvalue weighted by Crippen LogP contribution is 2.49. The maximum Gasteiger partial charge on any atom is 0.354 e. The smallest absolute Gasteiger partial charge is 0.354 e. The van der Waals surface area contributed by atoms with Crippen LogP contribution in [0.25, 0.3) is 0 Å². The van der Waals surface area contributed by atoms with Gasteiger partial charge in [-0.1, -0.05) is 12.1 Å². The second kappa shape index (κ2) is 8.83. The SMILES string of the molecule is Cc1cc(C(=O)COC(=O)[C@@]23CCC(=O)N2c2ccccc2C(=O)N3C2CC2)c(C)n1C[C@@H]1CCCO1. The van der Waals surface area contributed by atoms with Crippen LogP contribution in [0.15, 0.2) is 30.3 Å². The molecule has 0 N–H and O–H groups in total. The average Bonchev–Trinajstić information content (AvgIpc) is 3.34. The summed E-state index contributed by atoms with van der Waals surface area (Å²) in [5.74, 6) is -1.54. The van der Waals surface area contributed by atoms with Crippen molar-refractivity contribution in [2.45, 2.75) is 76.7 Å². The number of carbonyl (C=O) groups excluding carboxylic acids is 4. The summed E-state index contributed by atoms with van der Waals surface area (Å²) in [6.45, 7) is 4.82. The largest absolute Gasteiger partial charge is 0.454 e. The van der Waals surface area contributed by atoms with Gasteiger partial charge in [-0.25, -0.2) is 4.79 Å². The van der Waals surface area contributed by atoms with Crippen LogP contribution in [0.3, 0.4) is 0 Å². The maximum absolute atomic E-state index is 13.8. The Kier molecular flexibility index (Phi) is 5.71. The second-order valence-electron chi connectivity index (χ2n) is 10.5. The van der Waals surface area contributed by atoms with Crippen LogP contribution in [0.5, 0.6) is 0 Å². The number of hydrogen-bond acceptors (Lipinski definition) is 6. The van der Waals surface area contributed by atoms with Crippen LogP contribution < -0.4 is 4.90 Å². The number of carbonyl (C=O) groups is 4. The number of hydrogen-bond donors (Lipinski definition) is 0. The van der Waals surface area contributed by atoms with E-state index in [9.17, 15) is 19.2 Å². The van der Waals surface area contributed by atoms with Gasteiger partial charge < -0.3 is 18.9 Å². The number of anilines is 1. The first kappa shape index (κ1) is 23.9. The van der Waals surface area contributed by atoms with E-state index in [4.69, 9.17) is 9.47 Å². The maximum atomic E-state index is 13.8. The Hall–Kier alpha value is -3.46. The summed E-state index contributed by atoms with van der Waals surface area (Å²) in [7, 11) is 0. The summed E-state index contributed by atoms with van der Waals surface area (Å²) >= 11 is 0. The van der Waals surface area contributed by atoms with Crippen LogP contribution in [0.2, 0.25) is 0 Å². The Morgan fingerprint density at radius 2 is 1.92 bits per heavy atom. The van der Waals surface area contributed by atoms with Crippen molar-refractivity contribution in [1.82, 2.24) is 9.47 Å². The van der Waals surface area contributed by atoms with Crippen molar-refractivity contribution in [3.05, 3.63) is 52.8 Å². The Morgan fingerprint density at radius 1 is 1.14 bits per heavy atom. The molecule has 1 saturated carbocycles. The van der Waals surface area contributed by atoms with Crippen LogP contribution in [-0.4, -0.2) is 64.1 Å². The number of Topliss-reactive ketones (excluding diaryl/α,β-unsaturated/α-hetero) is 1. The van der Waals surface area contributed by atoms with E-state index >= 15 is 0 Å². The van der Waals surface area contributed by atoms with Crippen LogP contribution in [-0.2, 0) is 25.6 Å². The van der Waals surface area contributed by atoms with Gasteiger partial charge in [0, 0.05) is 49.0 Å². The molecule has 2 saturated heterocycles. The van der Waals surface area contributed by atoms with E-state index in [-0.39, 0.29) is 42.6 Å². The van der Waals surface area contributed by atoms with Gasteiger partial charge in [-0.2, -0.15) is 0 Å². The molecular weight excluding hydrogens is 474 g/mol. The lowest BCUT2D eigenvalue weighted by Gasteiger charge is -2.48. The van der Waals surface area contributed by atoms with Gasteiger partial charge in [0.05, 0.1) is 17.4 Å². The number of amides is 2. The molecule has 3 aliphatic heterocycles. The van der Waals surface area contributed by atoms with Gasteiger partial charge in [0.2, 0.25) is 17.4 Å². The molecule has 9 nitrogen and oxygen atoms in total. The fourth-order valence-electron chi connectivity index (χ4n) is 6.19. The van der Waals surface area contributed by atoms with Gasteiger partial charge in [-0.3, -0.25) is 19.3 Å². The molecule has 2 atom stereocenters. The van der Waals surface area contributed by atoms with Crippen molar-refractivity contribution in [2.75, 3.05) is 18.1 Å². The van der Waals surface area contributed by atoms with Gasteiger partial charge in [0.1, 0.15) is 0 Å². The molecule has 194 valence electrons. The van der Waals surface area contributed by atoms with Gasteiger partial charge in [0.25, 0.3) is 5.91 Å². The molecular formula is C28H31N3O6. The normalized spacial score (nSPS) is 24.9. The summed E-state index contributed by atoms with van der Waals surface area (Å²) in [5.41, 5.74) is 1.54. The molecule has 4 aliphatic rings. The molecule has 2 amide bonds. The van der Waals surface area contributed by atoms with Crippen molar-refractivity contribution < 1.29 is 28.7 Å². The third-order valence-corrected chi connectivity index (χ3v) is 8.16. The zero-order valence-corrected chi connectivity index (χ0v) is 21.2. The fraction of sp³-hybridized carbons (Fsp3) is 0.500. The molecule has 37 heavy (non-hydrogen) atoms. The van der Waals surface area contributed by atoms with Gasteiger partial charge in [-0.05, 0) is 57.7 Å². The number of aromatic nitrogens is 1. The number of aryl methyl sites for hydroxylation is 1. The third-order valence-electron chi connectivity index (χ3n) is 8.16. The van der Waals surface area contributed by atoms with Crippen LogP contribution >= 0.6 is 0 Å². The van der Waals surface area contributed by atoms with E-state index in [1.165, 1.54) is 4.90 Å². The zero-order chi connectivity index (χ0) is 25.9. The number of benzene rings is 1. The highest BCUT2D eigenvalue weighted by atomic mass is 16.5. The quantitative estimate of drug-likeness (QED) is 0.424. The minimum atomic E-state index is -1.55. The number of ketones is 1. The lowest BCUT2D eigenvalue weighted by Crippen LogP contribution is -2.69.